The van der Waals surface area contributed by atoms with Crippen molar-refractivity contribution in [3.63, 3.8) is 0 Å². The molecule has 0 aliphatic carbocycles. The highest BCUT2D eigenvalue weighted by Crippen LogP contribution is 2.21. The van der Waals surface area contributed by atoms with Crippen LogP contribution in [0.1, 0.15) is 75.0 Å². The molecule has 1 aromatic carbocycles. The number of nitrogens with one attached hydrogen (secondary N) is 1. The number of unbranched alkanes of at least 4 members (excludes halogenated alkanes) is 7. The van der Waals surface area contributed by atoms with Gasteiger partial charge in [0, 0.05) is 6.54 Å². The van der Waals surface area contributed by atoms with Crippen LogP contribution in [0.15, 0.2) is 18.2 Å². The van der Waals surface area contributed by atoms with Crippen LogP contribution in [0.4, 0.5) is 0 Å². The summed E-state index contributed by atoms with van der Waals surface area (Å²) in [7, 11) is 0. The topological polar surface area (TPSA) is 12.0 Å². The van der Waals surface area contributed by atoms with Crippen molar-refractivity contribution in [3.8, 4) is 0 Å². The van der Waals surface area contributed by atoms with Gasteiger partial charge >= 0.3 is 0 Å². The summed E-state index contributed by atoms with van der Waals surface area (Å²) in [5.74, 6) is 0. The maximum absolute atomic E-state index is 3.47. The largest absolute Gasteiger partial charge is 0.312 e. The fourth-order valence-electron chi connectivity index (χ4n) is 3.29. The third kappa shape index (κ3) is 4.94. The number of benzene rings is 1. The molecule has 0 saturated heterocycles. The van der Waals surface area contributed by atoms with E-state index < -0.39 is 0 Å². The first-order valence-corrected chi connectivity index (χ1v) is 8.72. The predicted molar refractivity (Wildman–Crippen MR) is 88.2 cm³/mol. The lowest BCUT2D eigenvalue weighted by Crippen LogP contribution is -2.24. The van der Waals surface area contributed by atoms with Gasteiger partial charge in [0.15, 0.2) is 0 Å². The van der Waals surface area contributed by atoms with E-state index in [2.05, 4.69) is 30.4 Å². The SMILES string of the molecule is CCCCCCCCCCc1cccc2c1CCNC2. The fraction of sp³-hybridized carbons (Fsp3) is 0.684. The molecule has 0 aromatic heterocycles. The Bertz CT molecular complexity index is 383. The van der Waals surface area contributed by atoms with E-state index in [4.69, 9.17) is 0 Å². The Morgan fingerprint density at radius 1 is 0.950 bits per heavy atom. The van der Waals surface area contributed by atoms with Crippen LogP contribution < -0.4 is 5.32 Å². The molecule has 0 spiro atoms. The molecular weight excluding hydrogens is 242 g/mol. The monoisotopic (exact) mass is 273 g/mol. The van der Waals surface area contributed by atoms with Crippen LogP contribution in [-0.4, -0.2) is 6.54 Å². The normalized spacial score (nSPS) is 14.2. The first kappa shape index (κ1) is 15.6. The molecule has 1 heterocycles. The van der Waals surface area contributed by atoms with Crippen LogP contribution in [0.2, 0.25) is 0 Å². The van der Waals surface area contributed by atoms with E-state index in [-0.39, 0.29) is 0 Å². The first-order valence-electron chi connectivity index (χ1n) is 8.72. The van der Waals surface area contributed by atoms with Gasteiger partial charge in [0.1, 0.15) is 0 Å². The van der Waals surface area contributed by atoms with Gasteiger partial charge < -0.3 is 5.32 Å². The average Bonchev–Trinajstić information content (AvgIpc) is 2.50. The zero-order chi connectivity index (χ0) is 14.0. The molecule has 1 aromatic rings. The van der Waals surface area contributed by atoms with Gasteiger partial charge in [-0.15, -0.1) is 0 Å². The Morgan fingerprint density at radius 3 is 2.50 bits per heavy atom. The van der Waals surface area contributed by atoms with Gasteiger partial charge in [-0.05, 0) is 42.5 Å². The molecule has 0 unspecified atom stereocenters. The molecule has 1 N–H and O–H groups in total. The molecule has 1 aliphatic heterocycles. The van der Waals surface area contributed by atoms with Gasteiger partial charge in [-0.25, -0.2) is 0 Å². The fourth-order valence-corrected chi connectivity index (χ4v) is 3.29. The second-order valence-corrected chi connectivity index (χ2v) is 6.21. The van der Waals surface area contributed by atoms with E-state index in [0.29, 0.717) is 0 Å². The van der Waals surface area contributed by atoms with Crippen molar-refractivity contribution < 1.29 is 0 Å². The third-order valence-corrected chi connectivity index (χ3v) is 4.54. The van der Waals surface area contributed by atoms with E-state index in [0.717, 1.165) is 13.1 Å². The molecule has 0 radical (unpaired) electrons. The predicted octanol–water partition coefficient (Wildman–Crippen LogP) is 5.02. The summed E-state index contributed by atoms with van der Waals surface area (Å²) < 4.78 is 0. The van der Waals surface area contributed by atoms with Crippen molar-refractivity contribution >= 4 is 0 Å². The molecule has 0 atom stereocenters. The van der Waals surface area contributed by atoms with E-state index in [1.807, 2.05) is 0 Å². The minimum atomic E-state index is 1.07. The lowest BCUT2D eigenvalue weighted by Gasteiger charge is -2.20. The Hall–Kier alpha value is -0.820. The lowest BCUT2D eigenvalue weighted by molar-refractivity contribution is 0.573. The van der Waals surface area contributed by atoms with E-state index in [1.165, 1.54) is 69.8 Å². The van der Waals surface area contributed by atoms with Crippen molar-refractivity contribution in [1.82, 2.24) is 5.32 Å². The Balaban J connectivity index is 1.64. The number of hydrogen-bond donors (Lipinski definition) is 1. The van der Waals surface area contributed by atoms with Crippen molar-refractivity contribution in [2.75, 3.05) is 6.54 Å². The summed E-state index contributed by atoms with van der Waals surface area (Å²) in [5, 5.41) is 3.47. The standard InChI is InChI=1S/C19H31N/c1-2-3-4-5-6-7-8-9-11-17-12-10-13-18-16-20-15-14-19(17)18/h10,12-13,20H,2-9,11,14-16H2,1H3. The third-order valence-electron chi connectivity index (χ3n) is 4.54. The van der Waals surface area contributed by atoms with E-state index in [9.17, 15) is 0 Å². The van der Waals surface area contributed by atoms with E-state index in [1.54, 1.807) is 11.1 Å². The molecule has 0 saturated carbocycles. The summed E-state index contributed by atoms with van der Waals surface area (Å²) in [6.07, 6.45) is 13.8. The van der Waals surface area contributed by atoms with Gasteiger partial charge in [-0.3, -0.25) is 0 Å². The molecule has 20 heavy (non-hydrogen) atoms. The molecule has 0 bridgehead atoms. The summed E-state index contributed by atoms with van der Waals surface area (Å²) >= 11 is 0. The van der Waals surface area contributed by atoms with E-state index >= 15 is 0 Å². The quantitative estimate of drug-likeness (QED) is 0.623. The van der Waals surface area contributed by atoms with Gasteiger partial charge in [-0.1, -0.05) is 70.1 Å². The molecule has 1 aliphatic rings. The molecule has 0 fully saturated rings. The maximum atomic E-state index is 3.47. The summed E-state index contributed by atoms with van der Waals surface area (Å²) in [6.45, 7) is 4.51. The molecule has 1 heteroatoms. The van der Waals surface area contributed by atoms with Gasteiger partial charge in [-0.2, -0.15) is 0 Å². The smallest absolute Gasteiger partial charge is 0.0208 e. The number of rotatable bonds is 9. The minimum absolute atomic E-state index is 1.07. The summed E-state index contributed by atoms with van der Waals surface area (Å²) in [6, 6.07) is 6.88. The average molecular weight is 273 g/mol. The Labute approximate surface area is 125 Å². The highest BCUT2D eigenvalue weighted by molar-refractivity contribution is 5.37. The van der Waals surface area contributed by atoms with Crippen LogP contribution in [0.3, 0.4) is 0 Å². The van der Waals surface area contributed by atoms with Crippen molar-refractivity contribution in [3.05, 3.63) is 34.9 Å². The van der Waals surface area contributed by atoms with Crippen LogP contribution in [0, 0.1) is 0 Å². The highest BCUT2D eigenvalue weighted by atomic mass is 14.9. The molecule has 1 nitrogen and oxygen atoms in total. The molecule has 2 rings (SSSR count). The highest BCUT2D eigenvalue weighted by Gasteiger charge is 2.11. The Morgan fingerprint density at radius 2 is 1.70 bits per heavy atom. The first-order chi connectivity index (χ1) is 9.92. The minimum Gasteiger partial charge on any atom is -0.312 e. The molecular formula is C19H31N. The number of fused-ring (bicyclic) bond motifs is 1. The van der Waals surface area contributed by atoms with Gasteiger partial charge in [0.05, 0.1) is 0 Å². The van der Waals surface area contributed by atoms with Gasteiger partial charge in [0.25, 0.3) is 0 Å². The van der Waals surface area contributed by atoms with Crippen LogP contribution in [-0.2, 0) is 19.4 Å². The molecule has 112 valence electrons. The number of aryl methyl sites for hydroxylation is 1. The second-order valence-electron chi connectivity index (χ2n) is 6.21. The van der Waals surface area contributed by atoms with Crippen molar-refractivity contribution in [1.29, 1.82) is 0 Å². The Kier molecular flexibility index (Phi) is 7.14. The lowest BCUT2D eigenvalue weighted by atomic mass is 9.92. The zero-order valence-corrected chi connectivity index (χ0v) is 13.2. The van der Waals surface area contributed by atoms with Crippen LogP contribution >= 0.6 is 0 Å². The summed E-state index contributed by atoms with van der Waals surface area (Å²) in [5.41, 5.74) is 4.80. The van der Waals surface area contributed by atoms with Crippen LogP contribution in [0.25, 0.3) is 0 Å². The van der Waals surface area contributed by atoms with Crippen LogP contribution in [0.5, 0.6) is 0 Å². The maximum Gasteiger partial charge on any atom is 0.0208 e. The van der Waals surface area contributed by atoms with Crippen molar-refractivity contribution in [2.45, 2.75) is 77.7 Å². The van der Waals surface area contributed by atoms with Gasteiger partial charge in [0.2, 0.25) is 0 Å². The number of hydrogen-bond acceptors (Lipinski definition) is 1. The summed E-state index contributed by atoms with van der Waals surface area (Å²) in [4.78, 5) is 0. The molecule has 0 amide bonds. The van der Waals surface area contributed by atoms with Crippen molar-refractivity contribution in [2.24, 2.45) is 0 Å². The second kappa shape index (κ2) is 9.18. The zero-order valence-electron chi connectivity index (χ0n) is 13.2.